The maximum Gasteiger partial charge on any atom is 2.00 e. The predicted octanol–water partition coefficient (Wildman–Crippen LogP) is 4.46. The van der Waals surface area contributed by atoms with Gasteiger partial charge in [0.1, 0.15) is 0 Å². The van der Waals surface area contributed by atoms with Crippen LogP contribution in [-0.4, -0.2) is 10.2 Å². The Balaban J connectivity index is 0. The Labute approximate surface area is 134 Å². The van der Waals surface area contributed by atoms with Gasteiger partial charge in [-0.15, -0.1) is 0 Å². The summed E-state index contributed by atoms with van der Waals surface area (Å²) in [6.07, 6.45) is 0. The average Bonchev–Trinajstić information content (AvgIpc) is 2.21. The minimum absolute atomic E-state index is 0. The average molecular weight is 432 g/mol. The second kappa shape index (κ2) is 7.33. The van der Waals surface area contributed by atoms with Gasteiger partial charge in [0.25, 0.3) is 0 Å². The SMILES string of the molecule is CC.[CH2-]c1c(C(C)(C)C)nnc(C(C)(C)C)c1[CH2-].[W+2]. The van der Waals surface area contributed by atoms with Crippen LogP contribution in [0.4, 0.5) is 0 Å². The van der Waals surface area contributed by atoms with Crippen LogP contribution in [0.2, 0.25) is 0 Å². The molecule has 0 amide bonds. The molecule has 0 saturated heterocycles. The van der Waals surface area contributed by atoms with Crippen molar-refractivity contribution in [2.45, 2.75) is 66.2 Å². The van der Waals surface area contributed by atoms with Crippen LogP contribution in [0.3, 0.4) is 0 Å². The van der Waals surface area contributed by atoms with Crippen molar-refractivity contribution in [3.05, 3.63) is 36.4 Å². The van der Waals surface area contributed by atoms with E-state index in [1.54, 1.807) is 0 Å². The van der Waals surface area contributed by atoms with Crippen LogP contribution < -0.4 is 0 Å². The van der Waals surface area contributed by atoms with Crippen molar-refractivity contribution >= 4 is 0 Å². The van der Waals surface area contributed by atoms with Gasteiger partial charge in [-0.1, -0.05) is 77.6 Å². The molecule has 0 fully saturated rings. The molecule has 0 aromatic carbocycles. The van der Waals surface area contributed by atoms with E-state index in [4.69, 9.17) is 0 Å². The Morgan fingerprint density at radius 1 is 0.684 bits per heavy atom. The fraction of sp³-hybridized carbons (Fsp3) is 0.625. The van der Waals surface area contributed by atoms with Gasteiger partial charge in [0.05, 0.1) is 0 Å². The van der Waals surface area contributed by atoms with Crippen LogP contribution in [0.1, 0.15) is 77.9 Å². The molecule has 1 aromatic rings. The minimum atomic E-state index is -0.0348. The van der Waals surface area contributed by atoms with Crippen molar-refractivity contribution in [1.82, 2.24) is 10.2 Å². The van der Waals surface area contributed by atoms with Crippen LogP contribution in [0.5, 0.6) is 0 Å². The molecular formula is C16H28N2W. The molecule has 0 saturated carbocycles. The van der Waals surface area contributed by atoms with Gasteiger partial charge in [-0.25, -0.2) is 10.2 Å². The van der Waals surface area contributed by atoms with Crippen molar-refractivity contribution in [2.75, 3.05) is 0 Å². The molecular weight excluding hydrogens is 404 g/mol. The maximum atomic E-state index is 4.32. The van der Waals surface area contributed by atoms with Crippen LogP contribution in [0, 0.1) is 13.8 Å². The molecule has 0 unspecified atom stereocenters. The zero-order chi connectivity index (χ0) is 14.7. The van der Waals surface area contributed by atoms with Crippen molar-refractivity contribution in [3.8, 4) is 0 Å². The van der Waals surface area contributed by atoms with Crippen LogP contribution in [0.15, 0.2) is 0 Å². The normalized spacial score (nSPS) is 11.2. The molecule has 0 bridgehead atoms. The Morgan fingerprint density at radius 3 is 1.05 bits per heavy atom. The van der Waals surface area contributed by atoms with Crippen LogP contribution >= 0.6 is 0 Å². The third-order valence-corrected chi connectivity index (χ3v) is 2.61. The first-order valence-corrected chi connectivity index (χ1v) is 6.60. The number of aromatic nitrogens is 2. The van der Waals surface area contributed by atoms with E-state index in [1.807, 2.05) is 13.8 Å². The Kier molecular flexibility index (Phi) is 8.03. The molecule has 0 aliphatic carbocycles. The summed E-state index contributed by atoms with van der Waals surface area (Å²) >= 11 is 0. The van der Waals surface area contributed by atoms with Crippen molar-refractivity contribution in [3.63, 3.8) is 0 Å². The summed E-state index contributed by atoms with van der Waals surface area (Å²) in [5, 5.41) is 8.65. The zero-order valence-electron chi connectivity index (χ0n) is 13.7. The van der Waals surface area contributed by atoms with Crippen LogP contribution in [0.25, 0.3) is 0 Å². The van der Waals surface area contributed by atoms with Crippen molar-refractivity contribution in [2.24, 2.45) is 0 Å². The van der Waals surface area contributed by atoms with Gasteiger partial charge in [-0.05, 0) is 0 Å². The summed E-state index contributed by atoms with van der Waals surface area (Å²) in [7, 11) is 0. The molecule has 0 N–H and O–H groups in total. The van der Waals surface area contributed by atoms with E-state index in [-0.39, 0.29) is 31.9 Å². The van der Waals surface area contributed by atoms with E-state index in [0.29, 0.717) is 0 Å². The summed E-state index contributed by atoms with van der Waals surface area (Å²) in [5.41, 5.74) is 3.65. The molecule has 1 heterocycles. The monoisotopic (exact) mass is 432 g/mol. The van der Waals surface area contributed by atoms with E-state index in [2.05, 4.69) is 65.6 Å². The fourth-order valence-electron chi connectivity index (χ4n) is 1.71. The molecule has 1 rings (SSSR count). The molecule has 2 nitrogen and oxygen atoms in total. The van der Waals surface area contributed by atoms with Gasteiger partial charge in [0.2, 0.25) is 0 Å². The minimum Gasteiger partial charge on any atom is -0.274 e. The third-order valence-electron chi connectivity index (χ3n) is 2.61. The summed E-state index contributed by atoms with van der Waals surface area (Å²) in [6.45, 7) is 24.9. The van der Waals surface area contributed by atoms with Crippen molar-refractivity contribution in [1.29, 1.82) is 0 Å². The zero-order valence-corrected chi connectivity index (χ0v) is 16.7. The van der Waals surface area contributed by atoms with E-state index >= 15 is 0 Å². The molecule has 19 heavy (non-hydrogen) atoms. The first-order chi connectivity index (χ1) is 8.05. The Bertz CT molecular complexity index is 359. The van der Waals surface area contributed by atoms with Gasteiger partial charge >= 0.3 is 21.1 Å². The predicted molar refractivity (Wildman–Crippen MR) is 79.7 cm³/mol. The first-order valence-electron chi connectivity index (χ1n) is 6.60. The molecule has 1 aromatic heterocycles. The summed E-state index contributed by atoms with van der Waals surface area (Å²) in [6, 6.07) is 0. The molecule has 0 atom stereocenters. The second-order valence-electron chi connectivity index (χ2n) is 6.35. The van der Waals surface area contributed by atoms with Gasteiger partial charge in [0, 0.05) is 0 Å². The number of rotatable bonds is 0. The van der Waals surface area contributed by atoms with E-state index in [1.165, 1.54) is 0 Å². The third kappa shape index (κ3) is 5.18. The van der Waals surface area contributed by atoms with Gasteiger partial charge < -0.3 is 0 Å². The number of nitrogens with zero attached hydrogens (tertiary/aromatic N) is 2. The van der Waals surface area contributed by atoms with E-state index in [0.717, 1.165) is 22.5 Å². The standard InChI is InChI=1S/C14H22N2.C2H6.W/c1-9-10(2)12(14(6,7)8)16-15-11(9)13(3,4)5;1-2;/h1-2H2,3-8H3;1-2H3;/q-2;;+2. The maximum absolute atomic E-state index is 4.32. The second-order valence-corrected chi connectivity index (χ2v) is 6.35. The molecule has 0 radical (unpaired) electrons. The molecule has 0 aliphatic rings. The fourth-order valence-corrected chi connectivity index (χ4v) is 1.71. The Morgan fingerprint density at radius 2 is 0.895 bits per heavy atom. The largest absolute Gasteiger partial charge is 2.00 e. The first kappa shape index (κ1) is 20.8. The van der Waals surface area contributed by atoms with Crippen LogP contribution in [-0.2, 0) is 31.9 Å². The number of hydrogen-bond acceptors (Lipinski definition) is 2. The smallest absolute Gasteiger partial charge is 0.274 e. The molecule has 108 valence electrons. The van der Waals surface area contributed by atoms with E-state index < -0.39 is 0 Å². The van der Waals surface area contributed by atoms with Gasteiger partial charge in [0.15, 0.2) is 0 Å². The molecule has 0 spiro atoms. The summed E-state index contributed by atoms with van der Waals surface area (Å²) in [4.78, 5) is 0. The molecule has 3 heteroatoms. The van der Waals surface area contributed by atoms with Gasteiger partial charge in [-0.3, -0.25) is 25.0 Å². The number of hydrogen-bond donors (Lipinski definition) is 0. The van der Waals surface area contributed by atoms with E-state index in [9.17, 15) is 0 Å². The quantitative estimate of drug-likeness (QED) is 0.566. The van der Waals surface area contributed by atoms with Crippen molar-refractivity contribution < 1.29 is 21.1 Å². The summed E-state index contributed by atoms with van der Waals surface area (Å²) in [5.74, 6) is 0. The Hall–Kier alpha value is -0.492. The molecule has 0 aliphatic heterocycles. The van der Waals surface area contributed by atoms with Gasteiger partial charge in [-0.2, -0.15) is 0 Å². The topological polar surface area (TPSA) is 25.8 Å². The summed E-state index contributed by atoms with van der Waals surface area (Å²) < 4.78 is 0.